The van der Waals surface area contributed by atoms with E-state index in [1.807, 2.05) is 11.8 Å². The summed E-state index contributed by atoms with van der Waals surface area (Å²) in [5.74, 6) is 0.525. The zero-order valence-electron chi connectivity index (χ0n) is 12.7. The van der Waals surface area contributed by atoms with Gasteiger partial charge in [-0.3, -0.25) is 4.90 Å². The summed E-state index contributed by atoms with van der Waals surface area (Å²) in [4.78, 5) is 5.39. The number of hydrogen-bond donors (Lipinski definition) is 0. The maximum Gasteiger partial charge on any atom is 0.0594 e. The maximum atomic E-state index is 5.46. The first kappa shape index (κ1) is 14.3. The second kappa shape index (κ2) is 6.45. The number of rotatable bonds is 3. The van der Waals surface area contributed by atoms with Crippen LogP contribution in [0.2, 0.25) is 0 Å². The van der Waals surface area contributed by atoms with Gasteiger partial charge in [0.2, 0.25) is 0 Å². The van der Waals surface area contributed by atoms with Crippen LogP contribution in [0.5, 0.6) is 0 Å². The third kappa shape index (κ3) is 2.81. The summed E-state index contributed by atoms with van der Waals surface area (Å²) in [5.41, 5.74) is 3.00. The highest BCUT2D eigenvalue weighted by Crippen LogP contribution is 2.46. The Morgan fingerprint density at radius 3 is 2.14 bits per heavy atom. The molecule has 1 saturated heterocycles. The summed E-state index contributed by atoms with van der Waals surface area (Å²) in [7, 11) is 0. The third-order valence-electron chi connectivity index (χ3n) is 4.65. The molecule has 0 spiro atoms. The van der Waals surface area contributed by atoms with E-state index in [2.05, 4.69) is 53.4 Å². The summed E-state index contributed by atoms with van der Waals surface area (Å²) in [6.07, 6.45) is 1.19. The van der Waals surface area contributed by atoms with E-state index in [0.29, 0.717) is 5.92 Å². The van der Waals surface area contributed by atoms with E-state index >= 15 is 0 Å². The van der Waals surface area contributed by atoms with Crippen LogP contribution in [-0.4, -0.2) is 37.7 Å². The Morgan fingerprint density at radius 2 is 1.50 bits per heavy atom. The minimum absolute atomic E-state index is 0.525. The molecule has 0 unspecified atom stereocenters. The fourth-order valence-electron chi connectivity index (χ4n) is 3.46. The van der Waals surface area contributed by atoms with Crippen LogP contribution in [0, 0.1) is 0 Å². The summed E-state index contributed by atoms with van der Waals surface area (Å²) in [5, 5.41) is 0. The summed E-state index contributed by atoms with van der Waals surface area (Å²) < 4.78 is 5.46. The van der Waals surface area contributed by atoms with E-state index in [0.717, 1.165) is 32.8 Å². The second-order valence-corrected chi connectivity index (χ2v) is 7.06. The summed E-state index contributed by atoms with van der Waals surface area (Å²) in [6, 6.07) is 17.8. The van der Waals surface area contributed by atoms with Gasteiger partial charge in [0.1, 0.15) is 0 Å². The Morgan fingerprint density at radius 1 is 0.909 bits per heavy atom. The molecule has 0 aliphatic carbocycles. The third-order valence-corrected chi connectivity index (χ3v) is 5.83. The van der Waals surface area contributed by atoms with Crippen LogP contribution >= 0.6 is 11.8 Å². The smallest absolute Gasteiger partial charge is 0.0594 e. The van der Waals surface area contributed by atoms with Gasteiger partial charge in [0.15, 0.2) is 0 Å². The molecule has 114 valence electrons. The molecule has 0 atom stereocenters. The Labute approximate surface area is 136 Å². The lowest BCUT2D eigenvalue weighted by molar-refractivity contribution is 0.0369. The van der Waals surface area contributed by atoms with Crippen LogP contribution in [0.15, 0.2) is 58.3 Å². The number of morpholine rings is 1. The van der Waals surface area contributed by atoms with Crippen molar-refractivity contribution >= 4 is 11.8 Å². The molecule has 22 heavy (non-hydrogen) atoms. The van der Waals surface area contributed by atoms with Crippen molar-refractivity contribution in [3.8, 4) is 0 Å². The molecule has 3 heteroatoms. The predicted molar refractivity (Wildman–Crippen MR) is 90.7 cm³/mol. The van der Waals surface area contributed by atoms with Crippen LogP contribution in [0.4, 0.5) is 0 Å². The first-order chi connectivity index (χ1) is 10.9. The zero-order valence-corrected chi connectivity index (χ0v) is 13.5. The van der Waals surface area contributed by atoms with Crippen molar-refractivity contribution in [3.63, 3.8) is 0 Å². The maximum absolute atomic E-state index is 5.46. The molecule has 4 rings (SSSR count). The molecule has 2 nitrogen and oxygen atoms in total. The quantitative estimate of drug-likeness (QED) is 0.850. The summed E-state index contributed by atoms with van der Waals surface area (Å²) in [6.45, 7) is 5.07. The van der Waals surface area contributed by atoms with Gasteiger partial charge in [-0.15, -0.1) is 0 Å². The highest BCUT2D eigenvalue weighted by molar-refractivity contribution is 7.99. The second-order valence-electron chi connectivity index (χ2n) is 5.97. The molecular weight excluding hydrogens is 290 g/mol. The van der Waals surface area contributed by atoms with Crippen LogP contribution in [0.1, 0.15) is 23.5 Å². The van der Waals surface area contributed by atoms with E-state index < -0.39 is 0 Å². The number of ether oxygens (including phenoxy) is 1. The predicted octanol–water partition coefficient (Wildman–Crippen LogP) is 4.01. The topological polar surface area (TPSA) is 12.5 Å². The van der Waals surface area contributed by atoms with E-state index in [9.17, 15) is 0 Å². The lowest BCUT2D eigenvalue weighted by atomic mass is 9.87. The Hall–Kier alpha value is -1.29. The van der Waals surface area contributed by atoms with Crippen molar-refractivity contribution in [3.05, 3.63) is 59.7 Å². The van der Waals surface area contributed by atoms with Crippen molar-refractivity contribution in [1.82, 2.24) is 4.90 Å². The van der Waals surface area contributed by atoms with E-state index in [1.165, 1.54) is 27.3 Å². The SMILES string of the molecule is c1ccc2c(c1)Sc1ccccc1C2CCN1CCOCC1. The standard InChI is InChI=1S/C19H21NOS/c1-3-7-18-16(5-1)15(9-10-20-11-13-21-14-12-20)17-6-2-4-8-19(17)22-18/h1-8,15H,9-14H2. The van der Waals surface area contributed by atoms with Crippen molar-refractivity contribution in [2.75, 3.05) is 32.8 Å². The molecule has 0 radical (unpaired) electrons. The number of benzene rings is 2. The molecule has 0 bridgehead atoms. The average molecular weight is 311 g/mol. The molecule has 0 aromatic heterocycles. The van der Waals surface area contributed by atoms with Gasteiger partial charge in [-0.05, 0) is 36.2 Å². The molecule has 0 N–H and O–H groups in total. The molecule has 1 fully saturated rings. The Balaban J connectivity index is 1.60. The zero-order chi connectivity index (χ0) is 14.8. The first-order valence-corrected chi connectivity index (χ1v) is 8.89. The fraction of sp³-hybridized carbons (Fsp3) is 0.368. The largest absolute Gasteiger partial charge is 0.379 e. The number of nitrogens with zero attached hydrogens (tertiary/aromatic N) is 1. The van der Waals surface area contributed by atoms with Gasteiger partial charge < -0.3 is 4.74 Å². The fourth-order valence-corrected chi connectivity index (χ4v) is 4.64. The molecule has 2 aliphatic heterocycles. The molecule has 0 amide bonds. The Kier molecular flexibility index (Phi) is 4.20. The Bertz CT molecular complexity index is 606. The minimum atomic E-state index is 0.525. The van der Waals surface area contributed by atoms with E-state index in [-0.39, 0.29) is 0 Å². The molecule has 2 heterocycles. The van der Waals surface area contributed by atoms with Crippen molar-refractivity contribution in [2.45, 2.75) is 22.1 Å². The first-order valence-electron chi connectivity index (χ1n) is 8.07. The molecular formula is C19H21NOS. The van der Waals surface area contributed by atoms with Gasteiger partial charge in [-0.2, -0.15) is 0 Å². The van der Waals surface area contributed by atoms with Crippen LogP contribution in [0.25, 0.3) is 0 Å². The monoisotopic (exact) mass is 311 g/mol. The van der Waals surface area contributed by atoms with Gasteiger partial charge >= 0.3 is 0 Å². The summed E-state index contributed by atoms with van der Waals surface area (Å²) >= 11 is 1.91. The van der Waals surface area contributed by atoms with Crippen molar-refractivity contribution in [1.29, 1.82) is 0 Å². The lowest BCUT2D eigenvalue weighted by Crippen LogP contribution is -2.37. The number of hydrogen-bond acceptors (Lipinski definition) is 3. The van der Waals surface area contributed by atoms with Gasteiger partial charge in [-0.25, -0.2) is 0 Å². The van der Waals surface area contributed by atoms with Gasteiger partial charge in [-0.1, -0.05) is 48.2 Å². The van der Waals surface area contributed by atoms with Crippen LogP contribution in [-0.2, 0) is 4.74 Å². The lowest BCUT2D eigenvalue weighted by Gasteiger charge is -2.31. The van der Waals surface area contributed by atoms with Gasteiger partial charge in [0.05, 0.1) is 13.2 Å². The number of fused-ring (bicyclic) bond motifs is 2. The van der Waals surface area contributed by atoms with Crippen molar-refractivity contribution in [2.24, 2.45) is 0 Å². The molecule has 2 aromatic rings. The highest BCUT2D eigenvalue weighted by atomic mass is 32.2. The molecule has 2 aliphatic rings. The van der Waals surface area contributed by atoms with Gasteiger partial charge in [0, 0.05) is 28.8 Å². The normalized spacial score (nSPS) is 18.7. The van der Waals surface area contributed by atoms with Crippen molar-refractivity contribution < 1.29 is 4.74 Å². The highest BCUT2D eigenvalue weighted by Gasteiger charge is 2.26. The molecule has 2 aromatic carbocycles. The van der Waals surface area contributed by atoms with E-state index in [4.69, 9.17) is 4.74 Å². The molecule has 0 saturated carbocycles. The van der Waals surface area contributed by atoms with Crippen LogP contribution < -0.4 is 0 Å². The van der Waals surface area contributed by atoms with Crippen LogP contribution in [0.3, 0.4) is 0 Å². The minimum Gasteiger partial charge on any atom is -0.379 e. The average Bonchev–Trinajstić information content (AvgIpc) is 2.59. The van der Waals surface area contributed by atoms with Gasteiger partial charge in [0.25, 0.3) is 0 Å². The van der Waals surface area contributed by atoms with E-state index in [1.54, 1.807) is 0 Å².